The first-order valence-corrected chi connectivity index (χ1v) is 23.8. The van der Waals surface area contributed by atoms with Gasteiger partial charge in [0, 0.05) is 21.5 Å². The van der Waals surface area contributed by atoms with Gasteiger partial charge in [-0.3, -0.25) is 0 Å². The molecule has 12 aromatic carbocycles. The van der Waals surface area contributed by atoms with Crippen molar-refractivity contribution >= 4 is 76.2 Å². The van der Waals surface area contributed by atoms with Crippen molar-refractivity contribution < 1.29 is 8.83 Å². The summed E-state index contributed by atoms with van der Waals surface area (Å²) in [5.41, 5.74) is 17.9. The van der Waals surface area contributed by atoms with Crippen molar-refractivity contribution in [2.45, 2.75) is 5.41 Å². The standard InChI is InChI=1S/C67H40O2/c1-3-16-47(17-4-1)67(48-18-5-2-6-19-48)61-24-11-9-22-53(61)54-32-28-46(38-62(54)67)44-27-31-52-51-30-26-43(35-56(51)49-20-7-8-21-50(49)57(52)36-44)41-14-13-15-42(34-41)45-29-33-64-58(37-45)60-40-65-59(39-66(60)69-64)55-23-10-12-25-63(55)68-65/h1-40H. The largest absolute Gasteiger partial charge is 0.456 e. The molecule has 1 aliphatic carbocycles. The summed E-state index contributed by atoms with van der Waals surface area (Å²) >= 11 is 0. The topological polar surface area (TPSA) is 26.3 Å². The van der Waals surface area contributed by atoms with Crippen LogP contribution in [0, 0.1) is 0 Å². The zero-order valence-corrected chi connectivity index (χ0v) is 37.4. The van der Waals surface area contributed by atoms with Crippen LogP contribution in [0.4, 0.5) is 0 Å². The Hall–Kier alpha value is -8.98. The molecule has 0 saturated carbocycles. The van der Waals surface area contributed by atoms with Crippen LogP contribution in [-0.4, -0.2) is 0 Å². The van der Waals surface area contributed by atoms with E-state index in [0.29, 0.717) is 0 Å². The van der Waals surface area contributed by atoms with Gasteiger partial charge in [0.1, 0.15) is 22.3 Å². The second-order valence-electron chi connectivity index (χ2n) is 18.7. The summed E-state index contributed by atoms with van der Waals surface area (Å²) in [6, 6.07) is 89.1. The lowest BCUT2D eigenvalue weighted by Crippen LogP contribution is -2.28. The van der Waals surface area contributed by atoms with Gasteiger partial charge in [-0.1, -0.05) is 188 Å². The van der Waals surface area contributed by atoms with Crippen molar-refractivity contribution in [2.75, 3.05) is 0 Å². The summed E-state index contributed by atoms with van der Waals surface area (Å²) < 4.78 is 12.7. The Morgan fingerprint density at radius 2 is 0.652 bits per heavy atom. The second-order valence-corrected chi connectivity index (χ2v) is 18.7. The van der Waals surface area contributed by atoms with Gasteiger partial charge in [-0.25, -0.2) is 0 Å². The molecule has 0 radical (unpaired) electrons. The average Bonchev–Trinajstić information content (AvgIpc) is 4.07. The highest BCUT2D eigenvalue weighted by atomic mass is 16.3. The molecule has 2 heterocycles. The van der Waals surface area contributed by atoms with Crippen LogP contribution in [0.15, 0.2) is 251 Å². The zero-order chi connectivity index (χ0) is 45.2. The number of para-hydroxylation sites is 1. The van der Waals surface area contributed by atoms with Crippen molar-refractivity contribution in [3.8, 4) is 44.5 Å². The summed E-state index contributed by atoms with van der Waals surface area (Å²) in [4.78, 5) is 0. The normalized spacial score (nSPS) is 13.0. The van der Waals surface area contributed by atoms with Crippen LogP contribution in [0.2, 0.25) is 0 Å². The van der Waals surface area contributed by atoms with Crippen LogP contribution >= 0.6 is 0 Å². The highest BCUT2D eigenvalue weighted by molar-refractivity contribution is 6.26. The van der Waals surface area contributed by atoms with E-state index in [9.17, 15) is 0 Å². The van der Waals surface area contributed by atoms with E-state index in [0.717, 1.165) is 55.0 Å². The lowest BCUT2D eigenvalue weighted by atomic mass is 9.67. The van der Waals surface area contributed by atoms with E-state index in [2.05, 4.69) is 224 Å². The molecule has 0 bridgehead atoms. The van der Waals surface area contributed by atoms with E-state index >= 15 is 0 Å². The fourth-order valence-electron chi connectivity index (χ4n) is 12.0. The van der Waals surface area contributed by atoms with Crippen molar-refractivity contribution in [3.63, 3.8) is 0 Å². The number of fused-ring (bicyclic) bond motifs is 15. The molecule has 0 amide bonds. The Bertz CT molecular complexity index is 4360. The van der Waals surface area contributed by atoms with Gasteiger partial charge >= 0.3 is 0 Å². The minimum absolute atomic E-state index is 0.451. The van der Waals surface area contributed by atoms with Crippen LogP contribution in [0.25, 0.3) is 121 Å². The fourth-order valence-corrected chi connectivity index (χ4v) is 12.0. The molecule has 0 spiro atoms. The third kappa shape index (κ3) is 5.55. The van der Waals surface area contributed by atoms with Crippen molar-refractivity contribution in [2.24, 2.45) is 0 Å². The van der Waals surface area contributed by atoms with Gasteiger partial charge in [-0.05, 0) is 154 Å². The minimum atomic E-state index is -0.451. The third-order valence-corrected chi connectivity index (χ3v) is 15.1. The summed E-state index contributed by atoms with van der Waals surface area (Å²) in [6.45, 7) is 0. The molecule has 0 N–H and O–H groups in total. The molecule has 2 aromatic heterocycles. The van der Waals surface area contributed by atoms with Gasteiger partial charge in [-0.2, -0.15) is 0 Å². The van der Waals surface area contributed by atoms with Crippen molar-refractivity contribution in [1.29, 1.82) is 0 Å². The molecule has 0 unspecified atom stereocenters. The van der Waals surface area contributed by atoms with E-state index in [4.69, 9.17) is 8.83 Å². The highest BCUT2D eigenvalue weighted by Crippen LogP contribution is 2.57. The fraction of sp³-hybridized carbons (Fsp3) is 0.0149. The van der Waals surface area contributed by atoms with Gasteiger partial charge in [0.05, 0.1) is 5.41 Å². The number of rotatable bonds is 5. The number of benzene rings is 12. The predicted octanol–water partition coefficient (Wildman–Crippen LogP) is 18.3. The van der Waals surface area contributed by atoms with Crippen LogP contribution < -0.4 is 0 Å². The van der Waals surface area contributed by atoms with Crippen LogP contribution in [-0.2, 0) is 5.41 Å². The first-order chi connectivity index (χ1) is 34.2. The lowest BCUT2D eigenvalue weighted by Gasteiger charge is -2.34. The van der Waals surface area contributed by atoms with Gasteiger partial charge in [0.2, 0.25) is 0 Å². The summed E-state index contributed by atoms with van der Waals surface area (Å²) in [5, 5.41) is 11.8. The maximum Gasteiger partial charge on any atom is 0.136 e. The van der Waals surface area contributed by atoms with Crippen molar-refractivity contribution in [3.05, 3.63) is 265 Å². The second kappa shape index (κ2) is 14.5. The SMILES string of the molecule is c1ccc(C2(c3ccccc3)c3ccccc3-c3ccc(-c4ccc5c6ccc(-c7cccc(-c8ccc9oc%10cc%11c(cc%10c9c8)oc8ccccc8%11)c7)cc6c6ccccc6c5c4)cc32)cc1. The Morgan fingerprint density at radius 3 is 1.30 bits per heavy atom. The predicted molar refractivity (Wildman–Crippen MR) is 287 cm³/mol. The molecule has 69 heavy (non-hydrogen) atoms. The average molecular weight is 877 g/mol. The van der Waals surface area contributed by atoms with E-state index in [1.165, 1.54) is 88.0 Å². The van der Waals surface area contributed by atoms with Crippen molar-refractivity contribution in [1.82, 2.24) is 0 Å². The molecule has 0 atom stereocenters. The molecule has 0 aliphatic heterocycles. The summed E-state index contributed by atoms with van der Waals surface area (Å²) in [7, 11) is 0. The Labute approximate surface area is 397 Å². The van der Waals surface area contributed by atoms with E-state index in [1.807, 2.05) is 18.2 Å². The van der Waals surface area contributed by atoms with Gasteiger partial charge in [-0.15, -0.1) is 0 Å². The van der Waals surface area contributed by atoms with Crippen LogP contribution in [0.3, 0.4) is 0 Å². The van der Waals surface area contributed by atoms with Gasteiger partial charge in [0.15, 0.2) is 0 Å². The quantitative estimate of drug-likeness (QED) is 0.161. The molecule has 2 nitrogen and oxygen atoms in total. The summed E-state index contributed by atoms with van der Waals surface area (Å²) in [5.74, 6) is 0. The molecule has 0 saturated heterocycles. The molecule has 1 aliphatic rings. The molecule has 320 valence electrons. The molecular formula is C67H40O2. The number of hydrogen-bond acceptors (Lipinski definition) is 2. The number of furan rings is 2. The number of hydrogen-bond donors (Lipinski definition) is 0. The molecule has 15 rings (SSSR count). The maximum absolute atomic E-state index is 6.42. The van der Waals surface area contributed by atoms with Crippen LogP contribution in [0.5, 0.6) is 0 Å². The first-order valence-electron chi connectivity index (χ1n) is 23.8. The van der Waals surface area contributed by atoms with Gasteiger partial charge in [0.25, 0.3) is 0 Å². The summed E-state index contributed by atoms with van der Waals surface area (Å²) in [6.07, 6.45) is 0. The first kappa shape index (κ1) is 38.2. The smallest absolute Gasteiger partial charge is 0.136 e. The van der Waals surface area contributed by atoms with E-state index in [1.54, 1.807) is 0 Å². The van der Waals surface area contributed by atoms with Gasteiger partial charge < -0.3 is 8.83 Å². The molecular weight excluding hydrogens is 837 g/mol. The maximum atomic E-state index is 6.42. The van der Waals surface area contributed by atoms with E-state index < -0.39 is 5.41 Å². The molecule has 2 heteroatoms. The third-order valence-electron chi connectivity index (χ3n) is 15.1. The minimum Gasteiger partial charge on any atom is -0.456 e. The Kier molecular flexibility index (Phi) is 8.02. The van der Waals surface area contributed by atoms with E-state index in [-0.39, 0.29) is 0 Å². The monoisotopic (exact) mass is 876 g/mol. The Balaban J connectivity index is 0.836. The Morgan fingerprint density at radius 1 is 0.217 bits per heavy atom. The lowest BCUT2D eigenvalue weighted by molar-refractivity contribution is 0.664. The zero-order valence-electron chi connectivity index (χ0n) is 37.4. The highest BCUT2D eigenvalue weighted by Gasteiger charge is 2.46. The molecule has 14 aromatic rings. The van der Waals surface area contributed by atoms with Crippen LogP contribution in [0.1, 0.15) is 22.3 Å². The molecule has 0 fully saturated rings.